The Labute approximate surface area is 54.1 Å². The van der Waals surface area contributed by atoms with Crippen LogP contribution < -0.4 is 11.5 Å². The second-order valence-corrected chi connectivity index (χ2v) is 2.18. The van der Waals surface area contributed by atoms with Gasteiger partial charge in [-0.25, -0.2) is 0 Å². The zero-order valence-corrected chi connectivity index (χ0v) is 5.39. The lowest BCUT2D eigenvalue weighted by atomic mass is 10.2. The molecule has 0 aromatic carbocycles. The van der Waals surface area contributed by atoms with Crippen LogP contribution in [-0.2, 0) is 0 Å². The Bertz CT molecular complexity index is 190. The summed E-state index contributed by atoms with van der Waals surface area (Å²) in [4.78, 5) is 2.85. The molecule has 0 spiro atoms. The Balaban J connectivity index is 2.85. The van der Waals surface area contributed by atoms with Crippen molar-refractivity contribution < 1.29 is 0 Å². The summed E-state index contributed by atoms with van der Waals surface area (Å²) in [5.74, 6) is 0.669. The van der Waals surface area contributed by atoms with Gasteiger partial charge in [0.25, 0.3) is 0 Å². The highest BCUT2D eigenvalue weighted by Gasteiger charge is 1.98. The van der Waals surface area contributed by atoms with Crippen LogP contribution in [-0.4, -0.2) is 4.98 Å². The second-order valence-electron chi connectivity index (χ2n) is 2.18. The number of nitrogens with one attached hydrogen (secondary N) is 1. The molecule has 1 heterocycles. The Morgan fingerprint density at radius 3 is 2.56 bits per heavy atom. The quantitative estimate of drug-likeness (QED) is 0.515. The maximum absolute atomic E-state index is 5.55. The average Bonchev–Trinajstić information content (AvgIpc) is 2.14. The van der Waals surface area contributed by atoms with Crippen LogP contribution >= 0.6 is 0 Å². The van der Waals surface area contributed by atoms with Crippen molar-refractivity contribution in [2.24, 2.45) is 5.73 Å². The van der Waals surface area contributed by atoms with Gasteiger partial charge in [-0.3, -0.25) is 0 Å². The molecule has 5 N–H and O–H groups in total. The van der Waals surface area contributed by atoms with Crippen molar-refractivity contribution in [2.45, 2.75) is 13.0 Å². The van der Waals surface area contributed by atoms with E-state index in [1.807, 2.05) is 19.2 Å². The Kier molecular flexibility index (Phi) is 1.44. The smallest absolute Gasteiger partial charge is 0.100 e. The van der Waals surface area contributed by atoms with Crippen molar-refractivity contribution >= 4 is 5.82 Å². The molecule has 0 bridgehead atoms. The van der Waals surface area contributed by atoms with Gasteiger partial charge in [0.05, 0.1) is 0 Å². The summed E-state index contributed by atoms with van der Waals surface area (Å²) >= 11 is 0. The number of hydrogen-bond acceptors (Lipinski definition) is 2. The van der Waals surface area contributed by atoms with Crippen LogP contribution in [0.3, 0.4) is 0 Å². The first-order valence-electron chi connectivity index (χ1n) is 2.89. The second kappa shape index (κ2) is 2.11. The van der Waals surface area contributed by atoms with Crippen molar-refractivity contribution in [1.29, 1.82) is 0 Å². The van der Waals surface area contributed by atoms with Crippen LogP contribution in [0.1, 0.15) is 18.5 Å². The van der Waals surface area contributed by atoms with Gasteiger partial charge in [-0.2, -0.15) is 0 Å². The third kappa shape index (κ3) is 1.23. The Morgan fingerprint density at radius 1 is 1.67 bits per heavy atom. The van der Waals surface area contributed by atoms with Gasteiger partial charge in [-0.15, -0.1) is 0 Å². The third-order valence-corrected chi connectivity index (χ3v) is 1.25. The predicted octanol–water partition coefficient (Wildman–Crippen LogP) is 0.617. The fraction of sp³-hybridized carbons (Fsp3) is 0.333. The van der Waals surface area contributed by atoms with Crippen LogP contribution in [0.4, 0.5) is 5.82 Å². The molecule has 0 aliphatic rings. The monoisotopic (exact) mass is 125 g/mol. The van der Waals surface area contributed by atoms with Gasteiger partial charge in [-0.05, 0) is 18.6 Å². The number of hydrogen-bond donors (Lipinski definition) is 3. The number of aromatic amines is 1. The highest BCUT2D eigenvalue weighted by atomic mass is 14.8. The van der Waals surface area contributed by atoms with Crippen LogP contribution in [0.25, 0.3) is 0 Å². The number of nitrogen functional groups attached to an aromatic ring is 1. The van der Waals surface area contributed by atoms with Crippen molar-refractivity contribution in [3.05, 3.63) is 17.8 Å². The van der Waals surface area contributed by atoms with Crippen molar-refractivity contribution in [3.8, 4) is 0 Å². The van der Waals surface area contributed by atoms with E-state index in [0.29, 0.717) is 5.82 Å². The maximum Gasteiger partial charge on any atom is 0.100 e. The van der Waals surface area contributed by atoms with E-state index in [-0.39, 0.29) is 6.04 Å². The van der Waals surface area contributed by atoms with Gasteiger partial charge < -0.3 is 16.5 Å². The fourth-order valence-electron chi connectivity index (χ4n) is 0.692. The minimum absolute atomic E-state index is 0.0681. The van der Waals surface area contributed by atoms with Gasteiger partial charge in [-0.1, -0.05) is 0 Å². The molecule has 3 heteroatoms. The van der Waals surface area contributed by atoms with E-state index in [4.69, 9.17) is 11.5 Å². The lowest BCUT2D eigenvalue weighted by molar-refractivity contribution is 0.820. The normalized spacial score (nSPS) is 13.6. The third-order valence-electron chi connectivity index (χ3n) is 1.25. The molecule has 0 amide bonds. The summed E-state index contributed by atoms with van der Waals surface area (Å²) in [5.41, 5.74) is 12.0. The molecular weight excluding hydrogens is 114 g/mol. The summed E-state index contributed by atoms with van der Waals surface area (Å²) in [6, 6.07) is 1.91. The molecule has 0 radical (unpaired) electrons. The molecule has 9 heavy (non-hydrogen) atoms. The molecule has 0 aliphatic carbocycles. The SMILES string of the molecule is C[C@H](N)c1c[nH]c(N)c1. The van der Waals surface area contributed by atoms with Crippen molar-refractivity contribution in [3.63, 3.8) is 0 Å². The minimum atomic E-state index is 0.0681. The van der Waals surface area contributed by atoms with Crippen molar-refractivity contribution in [2.75, 3.05) is 5.73 Å². The van der Waals surface area contributed by atoms with Gasteiger partial charge in [0.1, 0.15) is 5.82 Å². The number of nitrogens with two attached hydrogens (primary N) is 2. The lowest BCUT2D eigenvalue weighted by Crippen LogP contribution is -2.02. The molecule has 3 nitrogen and oxygen atoms in total. The number of rotatable bonds is 1. The zero-order chi connectivity index (χ0) is 6.85. The topological polar surface area (TPSA) is 67.8 Å². The molecule has 50 valence electrons. The molecular formula is C6H11N3. The van der Waals surface area contributed by atoms with Crippen LogP contribution in [0, 0.1) is 0 Å². The van der Waals surface area contributed by atoms with E-state index in [1.54, 1.807) is 0 Å². The van der Waals surface area contributed by atoms with Gasteiger partial charge >= 0.3 is 0 Å². The first-order valence-corrected chi connectivity index (χ1v) is 2.89. The number of anilines is 1. The molecule has 0 saturated heterocycles. The van der Waals surface area contributed by atoms with Crippen LogP contribution in [0.2, 0.25) is 0 Å². The minimum Gasteiger partial charge on any atom is -0.385 e. The first kappa shape index (κ1) is 6.16. The average molecular weight is 125 g/mol. The standard InChI is InChI=1S/C6H11N3/c1-4(7)5-2-6(8)9-3-5/h2-4,9H,7-8H2,1H3/t4-/m0/s1. The Morgan fingerprint density at radius 2 is 2.33 bits per heavy atom. The van der Waals surface area contributed by atoms with E-state index in [9.17, 15) is 0 Å². The Hall–Kier alpha value is -0.960. The van der Waals surface area contributed by atoms with E-state index < -0.39 is 0 Å². The highest BCUT2D eigenvalue weighted by Crippen LogP contribution is 2.10. The van der Waals surface area contributed by atoms with Gasteiger partial charge in [0, 0.05) is 12.2 Å². The summed E-state index contributed by atoms with van der Waals surface area (Å²) < 4.78 is 0. The number of aromatic nitrogens is 1. The molecule has 0 aliphatic heterocycles. The molecule has 0 unspecified atom stereocenters. The molecule has 1 atom stereocenters. The van der Waals surface area contributed by atoms with Gasteiger partial charge in [0.15, 0.2) is 0 Å². The van der Waals surface area contributed by atoms with Crippen LogP contribution in [0.5, 0.6) is 0 Å². The maximum atomic E-state index is 5.55. The van der Waals surface area contributed by atoms with E-state index in [2.05, 4.69) is 4.98 Å². The van der Waals surface area contributed by atoms with Crippen LogP contribution in [0.15, 0.2) is 12.3 Å². The van der Waals surface area contributed by atoms with E-state index >= 15 is 0 Å². The molecule has 0 fully saturated rings. The zero-order valence-electron chi connectivity index (χ0n) is 5.39. The van der Waals surface area contributed by atoms with E-state index in [0.717, 1.165) is 5.56 Å². The van der Waals surface area contributed by atoms with Gasteiger partial charge in [0.2, 0.25) is 0 Å². The summed E-state index contributed by atoms with van der Waals surface area (Å²) in [6.45, 7) is 1.92. The fourth-order valence-corrected chi connectivity index (χ4v) is 0.692. The molecule has 1 aromatic rings. The summed E-state index contributed by atoms with van der Waals surface area (Å²) in [6.07, 6.45) is 1.82. The first-order chi connectivity index (χ1) is 4.20. The molecule has 1 aromatic heterocycles. The molecule has 0 saturated carbocycles. The summed E-state index contributed by atoms with van der Waals surface area (Å²) in [7, 11) is 0. The van der Waals surface area contributed by atoms with Crippen molar-refractivity contribution in [1.82, 2.24) is 4.98 Å². The highest BCUT2D eigenvalue weighted by molar-refractivity contribution is 5.34. The molecule has 1 rings (SSSR count). The summed E-state index contributed by atoms with van der Waals surface area (Å²) in [5, 5.41) is 0. The largest absolute Gasteiger partial charge is 0.385 e. The predicted molar refractivity (Wildman–Crippen MR) is 37.8 cm³/mol. The van der Waals surface area contributed by atoms with E-state index in [1.165, 1.54) is 0 Å². The lowest BCUT2D eigenvalue weighted by Gasteiger charge is -1.96. The number of H-pyrrole nitrogens is 1.